The van der Waals surface area contributed by atoms with E-state index in [1.807, 2.05) is 44.2 Å². The number of aliphatic hydroxyl groups is 1. The molecule has 0 bridgehead atoms. The molecule has 1 N–H and O–H groups in total. The molecule has 0 unspecified atom stereocenters. The summed E-state index contributed by atoms with van der Waals surface area (Å²) in [5.74, 6) is 0. The number of hydrogen-bond acceptors (Lipinski definition) is 7. The zero-order valence-corrected chi connectivity index (χ0v) is 15.2. The Morgan fingerprint density at radius 2 is 2.00 bits per heavy atom. The van der Waals surface area contributed by atoms with Crippen molar-refractivity contribution in [3.05, 3.63) is 35.9 Å². The first-order valence-electron chi connectivity index (χ1n) is 9.06. The van der Waals surface area contributed by atoms with E-state index in [2.05, 4.69) is 0 Å². The SMILES string of the molecule is CCO[C@@H]1[C@@H](OC)O[C@@H]2CO[C@@H]([C@@]3(C)O[C@@H]3c3ccccc3)O[C@H]2[C@H]1O. The molecule has 0 amide bonds. The highest BCUT2D eigenvalue weighted by Gasteiger charge is 2.63. The van der Waals surface area contributed by atoms with Gasteiger partial charge in [-0.2, -0.15) is 0 Å². The van der Waals surface area contributed by atoms with E-state index in [0.29, 0.717) is 13.2 Å². The summed E-state index contributed by atoms with van der Waals surface area (Å²) in [4.78, 5) is 0. The van der Waals surface area contributed by atoms with Gasteiger partial charge in [-0.05, 0) is 19.4 Å². The van der Waals surface area contributed by atoms with Gasteiger partial charge < -0.3 is 33.5 Å². The highest BCUT2D eigenvalue weighted by molar-refractivity contribution is 5.26. The van der Waals surface area contributed by atoms with Gasteiger partial charge in [0.2, 0.25) is 0 Å². The normalized spacial score (nSPS) is 45.2. The first-order chi connectivity index (χ1) is 12.6. The molecular weight excluding hydrogens is 340 g/mol. The Labute approximate surface area is 153 Å². The molecule has 144 valence electrons. The number of methoxy groups -OCH3 is 1. The molecule has 3 aliphatic heterocycles. The van der Waals surface area contributed by atoms with Gasteiger partial charge in [-0.25, -0.2) is 0 Å². The topological polar surface area (TPSA) is 78.9 Å². The molecule has 1 aromatic rings. The molecule has 0 aromatic heterocycles. The van der Waals surface area contributed by atoms with Gasteiger partial charge in [0, 0.05) is 13.7 Å². The number of hydrogen-bond donors (Lipinski definition) is 1. The summed E-state index contributed by atoms with van der Waals surface area (Å²) in [5.41, 5.74) is 0.488. The summed E-state index contributed by atoms with van der Waals surface area (Å²) in [7, 11) is 1.53. The molecule has 1 aromatic carbocycles. The maximum absolute atomic E-state index is 10.8. The van der Waals surface area contributed by atoms with Crippen LogP contribution in [0.2, 0.25) is 0 Å². The van der Waals surface area contributed by atoms with Crippen molar-refractivity contribution in [2.45, 2.75) is 62.5 Å². The largest absolute Gasteiger partial charge is 0.387 e. The number of rotatable bonds is 5. The fraction of sp³-hybridized carbons (Fsp3) is 0.684. The van der Waals surface area contributed by atoms with Gasteiger partial charge in [0.05, 0.1) is 6.61 Å². The van der Waals surface area contributed by atoms with Crippen molar-refractivity contribution in [3.8, 4) is 0 Å². The first kappa shape index (κ1) is 18.3. The highest BCUT2D eigenvalue weighted by Crippen LogP contribution is 2.54. The zero-order chi connectivity index (χ0) is 18.3. The van der Waals surface area contributed by atoms with Crippen molar-refractivity contribution in [1.82, 2.24) is 0 Å². The second-order valence-electron chi connectivity index (χ2n) is 7.05. The van der Waals surface area contributed by atoms with Crippen LogP contribution in [-0.4, -0.2) is 68.0 Å². The Morgan fingerprint density at radius 1 is 1.23 bits per heavy atom. The Morgan fingerprint density at radius 3 is 2.69 bits per heavy atom. The quantitative estimate of drug-likeness (QED) is 0.789. The third-order valence-corrected chi connectivity index (χ3v) is 5.31. The van der Waals surface area contributed by atoms with Crippen LogP contribution in [0.1, 0.15) is 25.5 Å². The monoisotopic (exact) mass is 366 g/mol. The van der Waals surface area contributed by atoms with Crippen LogP contribution in [0, 0.1) is 0 Å². The number of benzene rings is 1. The highest BCUT2D eigenvalue weighted by atomic mass is 16.8. The van der Waals surface area contributed by atoms with Crippen molar-refractivity contribution in [2.75, 3.05) is 20.3 Å². The van der Waals surface area contributed by atoms with Gasteiger partial charge >= 0.3 is 0 Å². The summed E-state index contributed by atoms with van der Waals surface area (Å²) in [5, 5.41) is 10.8. The predicted octanol–water partition coefficient (Wildman–Crippen LogP) is 1.40. The van der Waals surface area contributed by atoms with Crippen molar-refractivity contribution in [1.29, 1.82) is 0 Å². The Bertz CT molecular complexity index is 611. The van der Waals surface area contributed by atoms with Crippen LogP contribution >= 0.6 is 0 Å². The van der Waals surface area contributed by atoms with Crippen LogP contribution < -0.4 is 0 Å². The van der Waals surface area contributed by atoms with Gasteiger partial charge in [-0.1, -0.05) is 30.3 Å². The predicted molar refractivity (Wildman–Crippen MR) is 90.4 cm³/mol. The molecule has 0 aliphatic carbocycles. The molecule has 0 spiro atoms. The average Bonchev–Trinajstić information content (AvgIpc) is 3.37. The van der Waals surface area contributed by atoms with Gasteiger partial charge in [-0.3, -0.25) is 0 Å². The lowest BCUT2D eigenvalue weighted by Crippen LogP contribution is -2.64. The number of fused-ring (bicyclic) bond motifs is 1. The van der Waals surface area contributed by atoms with E-state index in [1.165, 1.54) is 7.11 Å². The van der Waals surface area contributed by atoms with E-state index in [4.69, 9.17) is 28.4 Å². The fourth-order valence-corrected chi connectivity index (χ4v) is 3.85. The Balaban J connectivity index is 1.47. The molecular formula is C19H26O7. The minimum absolute atomic E-state index is 0.0960. The summed E-state index contributed by atoms with van der Waals surface area (Å²) < 4.78 is 34.7. The van der Waals surface area contributed by atoms with Crippen LogP contribution in [0.25, 0.3) is 0 Å². The van der Waals surface area contributed by atoms with Crippen LogP contribution in [-0.2, 0) is 28.4 Å². The molecule has 8 atom stereocenters. The molecule has 0 radical (unpaired) electrons. The first-order valence-corrected chi connectivity index (χ1v) is 9.06. The van der Waals surface area contributed by atoms with Crippen LogP contribution in [0.15, 0.2) is 30.3 Å². The van der Waals surface area contributed by atoms with Gasteiger partial charge in [-0.15, -0.1) is 0 Å². The molecule has 0 saturated carbocycles. The van der Waals surface area contributed by atoms with E-state index in [9.17, 15) is 5.11 Å². The minimum Gasteiger partial charge on any atom is -0.387 e. The van der Waals surface area contributed by atoms with E-state index < -0.39 is 42.6 Å². The minimum atomic E-state index is -0.873. The molecule has 3 aliphatic rings. The second kappa shape index (κ2) is 7.16. The molecule has 4 rings (SSSR count). The zero-order valence-electron chi connectivity index (χ0n) is 15.2. The number of ether oxygens (including phenoxy) is 6. The van der Waals surface area contributed by atoms with Crippen molar-refractivity contribution in [3.63, 3.8) is 0 Å². The third-order valence-electron chi connectivity index (χ3n) is 5.31. The van der Waals surface area contributed by atoms with Gasteiger partial charge in [0.1, 0.15) is 36.1 Å². The molecule has 7 nitrogen and oxygen atoms in total. The lowest BCUT2D eigenvalue weighted by molar-refractivity contribution is -0.366. The summed E-state index contributed by atoms with van der Waals surface area (Å²) in [6, 6.07) is 9.97. The molecule has 3 heterocycles. The van der Waals surface area contributed by atoms with E-state index in [-0.39, 0.29) is 6.10 Å². The maximum Gasteiger partial charge on any atom is 0.189 e. The van der Waals surface area contributed by atoms with Crippen LogP contribution in [0.4, 0.5) is 0 Å². The molecule has 3 saturated heterocycles. The molecule has 7 heteroatoms. The van der Waals surface area contributed by atoms with Crippen molar-refractivity contribution >= 4 is 0 Å². The van der Waals surface area contributed by atoms with Crippen molar-refractivity contribution in [2.24, 2.45) is 0 Å². The second-order valence-corrected chi connectivity index (χ2v) is 7.05. The molecule has 26 heavy (non-hydrogen) atoms. The smallest absolute Gasteiger partial charge is 0.189 e. The lowest BCUT2D eigenvalue weighted by atomic mass is 9.95. The van der Waals surface area contributed by atoms with Crippen LogP contribution in [0.3, 0.4) is 0 Å². The molecule has 3 fully saturated rings. The maximum atomic E-state index is 10.8. The van der Waals surface area contributed by atoms with E-state index in [1.54, 1.807) is 0 Å². The van der Waals surface area contributed by atoms with Gasteiger partial charge in [0.25, 0.3) is 0 Å². The Hall–Kier alpha value is -1.06. The number of aliphatic hydroxyl groups excluding tert-OH is 1. The lowest BCUT2D eigenvalue weighted by Gasteiger charge is -2.47. The fourth-order valence-electron chi connectivity index (χ4n) is 3.85. The summed E-state index contributed by atoms with van der Waals surface area (Å²) >= 11 is 0. The van der Waals surface area contributed by atoms with E-state index >= 15 is 0 Å². The average molecular weight is 366 g/mol. The number of epoxide rings is 1. The third kappa shape index (κ3) is 3.07. The van der Waals surface area contributed by atoms with E-state index in [0.717, 1.165) is 5.56 Å². The van der Waals surface area contributed by atoms with Gasteiger partial charge in [0.15, 0.2) is 12.6 Å². The standard InChI is InChI=1S/C19H26O7/c1-4-22-15-13(20)14-12(24-17(15)21-3)10-23-18(25-14)19(2)16(26-19)11-8-6-5-7-9-11/h5-9,12-18,20H,4,10H2,1-3H3/t12-,13-,14-,15+,16-,17+,18-,19+/m1/s1. The van der Waals surface area contributed by atoms with Crippen molar-refractivity contribution < 1.29 is 33.5 Å². The van der Waals surface area contributed by atoms with Crippen LogP contribution in [0.5, 0.6) is 0 Å². The summed E-state index contributed by atoms with van der Waals surface area (Å²) in [6.07, 6.45) is -3.80. The Kier molecular flexibility index (Phi) is 5.04. The summed E-state index contributed by atoms with van der Waals surface area (Å²) in [6.45, 7) is 4.57.